The number of ether oxygens (including phenoxy) is 2. The summed E-state index contributed by atoms with van der Waals surface area (Å²) >= 11 is 0. The van der Waals surface area contributed by atoms with Gasteiger partial charge in [0.15, 0.2) is 0 Å². The van der Waals surface area contributed by atoms with Gasteiger partial charge in [-0.1, -0.05) is 12.1 Å². The molecule has 0 aliphatic carbocycles. The first-order valence-electron chi connectivity index (χ1n) is 8.05. The minimum Gasteiger partial charge on any atom is -0.462 e. The van der Waals surface area contributed by atoms with E-state index in [0.29, 0.717) is 25.3 Å². The van der Waals surface area contributed by atoms with Crippen LogP contribution in [-0.2, 0) is 9.47 Å². The van der Waals surface area contributed by atoms with Gasteiger partial charge >= 0.3 is 12.1 Å². The van der Waals surface area contributed by atoms with Gasteiger partial charge < -0.3 is 14.4 Å². The highest BCUT2D eigenvalue weighted by atomic mass is 16.6. The van der Waals surface area contributed by atoms with E-state index in [0.717, 1.165) is 12.0 Å². The maximum Gasteiger partial charge on any atom is 0.410 e. The van der Waals surface area contributed by atoms with Crippen molar-refractivity contribution in [1.82, 2.24) is 4.90 Å². The molecule has 1 heterocycles. The third-order valence-corrected chi connectivity index (χ3v) is 3.71. The van der Waals surface area contributed by atoms with Gasteiger partial charge in [-0.2, -0.15) is 0 Å². The summed E-state index contributed by atoms with van der Waals surface area (Å²) in [5.41, 5.74) is 1.13. The molecule has 0 bridgehead atoms. The number of rotatable bonds is 3. The van der Waals surface area contributed by atoms with E-state index in [1.54, 1.807) is 17.9 Å². The molecule has 1 unspecified atom stereocenters. The molecule has 0 radical (unpaired) electrons. The van der Waals surface area contributed by atoms with Crippen molar-refractivity contribution in [2.75, 3.05) is 19.7 Å². The van der Waals surface area contributed by atoms with Gasteiger partial charge in [-0.3, -0.25) is 0 Å². The van der Waals surface area contributed by atoms with Crippen molar-refractivity contribution < 1.29 is 19.1 Å². The molecule has 0 spiro atoms. The SMILES string of the molecule is CCOC(=O)c1cccc(C2CCN(C(=O)OC(C)(C)C)C2)c1. The molecular formula is C18H25NO4. The normalized spacial score (nSPS) is 17.9. The lowest BCUT2D eigenvalue weighted by atomic mass is 9.97. The number of carbonyl (C=O) groups excluding carboxylic acids is 2. The molecule has 23 heavy (non-hydrogen) atoms. The number of esters is 1. The van der Waals surface area contributed by atoms with Gasteiger partial charge in [-0.05, 0) is 51.8 Å². The number of nitrogens with zero attached hydrogens (tertiary/aromatic N) is 1. The molecule has 1 saturated heterocycles. The molecule has 5 heteroatoms. The highest BCUT2D eigenvalue weighted by Gasteiger charge is 2.30. The van der Waals surface area contributed by atoms with Crippen molar-refractivity contribution in [3.8, 4) is 0 Å². The molecule has 126 valence electrons. The van der Waals surface area contributed by atoms with Crippen LogP contribution >= 0.6 is 0 Å². The summed E-state index contributed by atoms with van der Waals surface area (Å²) in [6, 6.07) is 7.47. The molecule has 0 aromatic heterocycles. The summed E-state index contributed by atoms with van der Waals surface area (Å²) in [5.74, 6) is -0.0896. The standard InChI is InChI=1S/C18H25NO4/c1-5-22-16(20)14-8-6-7-13(11-14)15-9-10-19(12-15)17(21)23-18(2,3)4/h6-8,11,15H,5,9-10,12H2,1-4H3. The lowest BCUT2D eigenvalue weighted by molar-refractivity contribution is 0.0292. The summed E-state index contributed by atoms with van der Waals surface area (Å²) in [6.45, 7) is 9.02. The van der Waals surface area contributed by atoms with Crippen molar-refractivity contribution in [3.05, 3.63) is 35.4 Å². The van der Waals surface area contributed by atoms with Crippen LogP contribution in [0.1, 0.15) is 56.0 Å². The van der Waals surface area contributed by atoms with Crippen LogP contribution in [0.5, 0.6) is 0 Å². The van der Waals surface area contributed by atoms with Crippen LogP contribution in [0.25, 0.3) is 0 Å². The zero-order valence-electron chi connectivity index (χ0n) is 14.3. The fourth-order valence-corrected chi connectivity index (χ4v) is 2.66. The van der Waals surface area contributed by atoms with Crippen molar-refractivity contribution in [2.45, 2.75) is 45.6 Å². The molecule has 1 aliphatic heterocycles. The molecule has 2 rings (SSSR count). The lowest BCUT2D eigenvalue weighted by Crippen LogP contribution is -2.35. The van der Waals surface area contributed by atoms with Crippen LogP contribution < -0.4 is 0 Å². The number of hydrogen-bond donors (Lipinski definition) is 0. The molecule has 1 atom stereocenters. The lowest BCUT2D eigenvalue weighted by Gasteiger charge is -2.24. The summed E-state index contributed by atoms with van der Waals surface area (Å²) in [5, 5.41) is 0. The Kier molecular flexibility index (Phi) is 5.29. The van der Waals surface area contributed by atoms with Crippen molar-refractivity contribution in [2.24, 2.45) is 0 Å². The fourth-order valence-electron chi connectivity index (χ4n) is 2.66. The molecule has 1 aromatic rings. The average Bonchev–Trinajstić information content (AvgIpc) is 2.96. The number of amides is 1. The van der Waals surface area contributed by atoms with E-state index in [4.69, 9.17) is 9.47 Å². The molecule has 1 aromatic carbocycles. The molecule has 0 saturated carbocycles. The molecule has 0 N–H and O–H groups in total. The maximum absolute atomic E-state index is 12.1. The van der Waals surface area contributed by atoms with E-state index in [2.05, 4.69) is 0 Å². The predicted octanol–water partition coefficient (Wildman–Crippen LogP) is 3.59. The second kappa shape index (κ2) is 7.02. The van der Waals surface area contributed by atoms with Gasteiger partial charge in [0.2, 0.25) is 0 Å². The van der Waals surface area contributed by atoms with Gasteiger partial charge in [-0.15, -0.1) is 0 Å². The summed E-state index contributed by atoms with van der Waals surface area (Å²) in [4.78, 5) is 25.7. The second-order valence-corrected chi connectivity index (χ2v) is 6.76. The van der Waals surface area contributed by atoms with Crippen LogP contribution in [0, 0.1) is 0 Å². The average molecular weight is 319 g/mol. The zero-order chi connectivity index (χ0) is 17.0. The topological polar surface area (TPSA) is 55.8 Å². The van der Waals surface area contributed by atoms with Gasteiger partial charge in [0, 0.05) is 19.0 Å². The highest BCUT2D eigenvalue weighted by Crippen LogP contribution is 2.29. The molecule has 1 aliphatic rings. The van der Waals surface area contributed by atoms with Gasteiger partial charge in [-0.25, -0.2) is 9.59 Å². The smallest absolute Gasteiger partial charge is 0.410 e. The van der Waals surface area contributed by atoms with Crippen LogP contribution in [0.4, 0.5) is 4.79 Å². The van der Waals surface area contributed by atoms with Crippen molar-refractivity contribution >= 4 is 12.1 Å². The van der Waals surface area contributed by atoms with Crippen LogP contribution in [0.15, 0.2) is 24.3 Å². The van der Waals surface area contributed by atoms with E-state index < -0.39 is 5.60 Å². The quantitative estimate of drug-likeness (QED) is 0.799. The van der Waals surface area contributed by atoms with Crippen molar-refractivity contribution in [1.29, 1.82) is 0 Å². The summed E-state index contributed by atoms with van der Waals surface area (Å²) < 4.78 is 10.4. The molecule has 5 nitrogen and oxygen atoms in total. The Morgan fingerprint density at radius 1 is 1.30 bits per heavy atom. The summed E-state index contributed by atoms with van der Waals surface area (Å²) in [7, 11) is 0. The predicted molar refractivity (Wildman–Crippen MR) is 87.6 cm³/mol. The third-order valence-electron chi connectivity index (χ3n) is 3.71. The first-order valence-corrected chi connectivity index (χ1v) is 8.05. The number of benzene rings is 1. The number of likely N-dealkylation sites (tertiary alicyclic amines) is 1. The van der Waals surface area contributed by atoms with Crippen LogP contribution in [0.2, 0.25) is 0 Å². The molecular weight excluding hydrogens is 294 g/mol. The molecule has 1 amide bonds. The number of carbonyl (C=O) groups is 2. The van der Waals surface area contributed by atoms with Crippen LogP contribution in [0.3, 0.4) is 0 Å². The highest BCUT2D eigenvalue weighted by molar-refractivity contribution is 5.89. The van der Waals surface area contributed by atoms with E-state index in [9.17, 15) is 9.59 Å². The van der Waals surface area contributed by atoms with E-state index in [1.807, 2.05) is 39.0 Å². The minimum atomic E-state index is -0.487. The Bertz CT molecular complexity index is 577. The Morgan fingerprint density at radius 2 is 2.04 bits per heavy atom. The van der Waals surface area contributed by atoms with E-state index in [1.165, 1.54) is 0 Å². The Morgan fingerprint density at radius 3 is 2.70 bits per heavy atom. The third kappa shape index (κ3) is 4.71. The van der Waals surface area contributed by atoms with Gasteiger partial charge in [0.25, 0.3) is 0 Å². The second-order valence-electron chi connectivity index (χ2n) is 6.76. The van der Waals surface area contributed by atoms with Crippen LogP contribution in [-0.4, -0.2) is 42.3 Å². The largest absolute Gasteiger partial charge is 0.462 e. The first-order chi connectivity index (χ1) is 10.8. The van der Waals surface area contributed by atoms with E-state index >= 15 is 0 Å². The zero-order valence-corrected chi connectivity index (χ0v) is 14.3. The van der Waals surface area contributed by atoms with E-state index in [-0.39, 0.29) is 18.0 Å². The monoisotopic (exact) mass is 319 g/mol. The van der Waals surface area contributed by atoms with Gasteiger partial charge in [0.1, 0.15) is 5.60 Å². The minimum absolute atomic E-state index is 0.219. The first kappa shape index (κ1) is 17.3. The fraction of sp³-hybridized carbons (Fsp3) is 0.556. The Hall–Kier alpha value is -2.04. The molecule has 1 fully saturated rings. The Labute approximate surface area is 137 Å². The maximum atomic E-state index is 12.1. The number of hydrogen-bond acceptors (Lipinski definition) is 4. The van der Waals surface area contributed by atoms with Crippen molar-refractivity contribution in [3.63, 3.8) is 0 Å². The van der Waals surface area contributed by atoms with Gasteiger partial charge in [0.05, 0.1) is 12.2 Å². The summed E-state index contributed by atoms with van der Waals surface area (Å²) in [6.07, 6.45) is 0.590. The Balaban J connectivity index is 2.03.